The molecular weight excluding hydrogens is 499 g/mol. The van der Waals surface area contributed by atoms with Crippen LogP contribution in [0.2, 0.25) is 0 Å². The van der Waals surface area contributed by atoms with E-state index < -0.39 is 10.0 Å². The lowest BCUT2D eigenvalue weighted by Gasteiger charge is -2.43. The summed E-state index contributed by atoms with van der Waals surface area (Å²) in [6.07, 6.45) is 5.16. The van der Waals surface area contributed by atoms with E-state index in [1.165, 1.54) is 32.7 Å². The fraction of sp³-hybridized carbons (Fsp3) is 0.667. The quantitative estimate of drug-likeness (QED) is 0.242. The van der Waals surface area contributed by atoms with Crippen LogP contribution in [0.1, 0.15) is 57.6 Å². The SMILES string of the molecule is CCNC(=NCc1cccc(CS(=O)(=O)NC)c1)NCC1(CC(C)C)CCC1.I. The molecule has 0 saturated heterocycles. The number of aliphatic imine (C=N–C) groups is 1. The number of rotatable bonds is 10. The second-order valence-electron chi connectivity index (χ2n) is 8.28. The van der Waals surface area contributed by atoms with Crippen molar-refractivity contribution in [2.24, 2.45) is 16.3 Å². The van der Waals surface area contributed by atoms with Crippen molar-refractivity contribution in [2.75, 3.05) is 20.1 Å². The Labute approximate surface area is 193 Å². The summed E-state index contributed by atoms with van der Waals surface area (Å²) in [4.78, 5) is 4.71. The van der Waals surface area contributed by atoms with Gasteiger partial charge in [0.15, 0.2) is 5.96 Å². The van der Waals surface area contributed by atoms with Crippen molar-refractivity contribution in [3.63, 3.8) is 0 Å². The van der Waals surface area contributed by atoms with E-state index in [9.17, 15) is 8.42 Å². The molecule has 3 N–H and O–H groups in total. The van der Waals surface area contributed by atoms with Crippen LogP contribution < -0.4 is 15.4 Å². The van der Waals surface area contributed by atoms with Crippen molar-refractivity contribution in [3.05, 3.63) is 35.4 Å². The number of sulfonamides is 1. The van der Waals surface area contributed by atoms with Crippen molar-refractivity contribution < 1.29 is 8.42 Å². The summed E-state index contributed by atoms with van der Waals surface area (Å²) in [6.45, 7) is 8.93. The Morgan fingerprint density at radius 2 is 1.90 bits per heavy atom. The zero-order valence-corrected chi connectivity index (χ0v) is 21.3. The topological polar surface area (TPSA) is 82.6 Å². The van der Waals surface area contributed by atoms with Gasteiger partial charge in [-0.2, -0.15) is 0 Å². The van der Waals surface area contributed by atoms with Crippen molar-refractivity contribution in [3.8, 4) is 0 Å². The molecule has 0 aromatic heterocycles. The molecule has 0 unspecified atom stereocenters. The Bertz CT molecular complexity index is 762. The predicted molar refractivity (Wildman–Crippen MR) is 132 cm³/mol. The standard InChI is InChI=1S/C21H36N4O2S.HI/c1-5-23-20(25-16-21(10-7-11-21)13-17(2)3)24-14-18-8-6-9-19(12-18)15-28(26,27)22-4;/h6,8-9,12,17,22H,5,7,10-11,13-16H2,1-4H3,(H2,23,24,25);1H. The maximum Gasteiger partial charge on any atom is 0.215 e. The van der Waals surface area contributed by atoms with Gasteiger partial charge in [0, 0.05) is 13.1 Å². The second-order valence-corrected chi connectivity index (χ2v) is 10.2. The molecule has 0 aliphatic heterocycles. The molecule has 29 heavy (non-hydrogen) atoms. The van der Waals surface area contributed by atoms with Crippen LogP contribution in [0.4, 0.5) is 0 Å². The van der Waals surface area contributed by atoms with Crippen molar-refractivity contribution in [1.82, 2.24) is 15.4 Å². The summed E-state index contributed by atoms with van der Waals surface area (Å²) in [5.41, 5.74) is 2.18. The van der Waals surface area contributed by atoms with Gasteiger partial charge in [-0.15, -0.1) is 24.0 Å². The minimum Gasteiger partial charge on any atom is -0.357 e. The summed E-state index contributed by atoms with van der Waals surface area (Å²) in [7, 11) is -1.83. The maximum absolute atomic E-state index is 11.8. The van der Waals surface area contributed by atoms with Crippen LogP contribution in [0.5, 0.6) is 0 Å². The van der Waals surface area contributed by atoms with Crippen LogP contribution in [-0.2, 0) is 22.3 Å². The summed E-state index contributed by atoms with van der Waals surface area (Å²) < 4.78 is 25.9. The molecular formula is C21H37IN4O2S. The van der Waals surface area contributed by atoms with Crippen molar-refractivity contribution in [2.45, 2.75) is 58.8 Å². The number of halogens is 1. The van der Waals surface area contributed by atoms with Gasteiger partial charge in [0.05, 0.1) is 12.3 Å². The van der Waals surface area contributed by atoms with E-state index in [-0.39, 0.29) is 29.7 Å². The van der Waals surface area contributed by atoms with E-state index >= 15 is 0 Å². The molecule has 1 aromatic carbocycles. The van der Waals surface area contributed by atoms with Crippen LogP contribution in [0.25, 0.3) is 0 Å². The molecule has 1 saturated carbocycles. The first-order valence-electron chi connectivity index (χ1n) is 10.3. The first-order valence-corrected chi connectivity index (χ1v) is 11.9. The third kappa shape index (κ3) is 8.80. The fourth-order valence-electron chi connectivity index (χ4n) is 3.89. The van der Waals surface area contributed by atoms with Gasteiger partial charge in [-0.25, -0.2) is 18.1 Å². The molecule has 8 heteroatoms. The van der Waals surface area contributed by atoms with Crippen LogP contribution in [0.15, 0.2) is 29.3 Å². The second kappa shape index (κ2) is 12.1. The highest BCUT2D eigenvalue weighted by Crippen LogP contribution is 2.45. The minimum atomic E-state index is -3.27. The number of nitrogens with one attached hydrogen (secondary N) is 3. The van der Waals surface area contributed by atoms with Crippen LogP contribution in [-0.4, -0.2) is 34.5 Å². The van der Waals surface area contributed by atoms with E-state index in [4.69, 9.17) is 4.99 Å². The van der Waals surface area contributed by atoms with Gasteiger partial charge in [0.2, 0.25) is 10.0 Å². The first-order chi connectivity index (χ1) is 13.3. The monoisotopic (exact) mass is 536 g/mol. The number of benzene rings is 1. The number of guanidine groups is 1. The third-order valence-electron chi connectivity index (χ3n) is 5.31. The number of hydrogen-bond donors (Lipinski definition) is 3. The van der Waals surface area contributed by atoms with Crippen molar-refractivity contribution in [1.29, 1.82) is 0 Å². The maximum atomic E-state index is 11.8. The summed E-state index contributed by atoms with van der Waals surface area (Å²) in [5.74, 6) is 1.51. The number of nitrogens with zero attached hydrogens (tertiary/aromatic N) is 1. The van der Waals surface area contributed by atoms with E-state index in [1.54, 1.807) is 0 Å². The molecule has 1 fully saturated rings. The van der Waals surface area contributed by atoms with Gasteiger partial charge in [-0.05, 0) is 55.7 Å². The number of hydrogen-bond acceptors (Lipinski definition) is 3. The van der Waals surface area contributed by atoms with Crippen LogP contribution in [0, 0.1) is 11.3 Å². The predicted octanol–water partition coefficient (Wildman–Crippen LogP) is 3.63. The molecule has 0 amide bonds. The van der Waals surface area contributed by atoms with Crippen molar-refractivity contribution >= 4 is 40.0 Å². The van der Waals surface area contributed by atoms with Crippen LogP contribution in [0.3, 0.4) is 0 Å². The first kappa shape index (κ1) is 26.2. The Balaban J connectivity index is 0.00000420. The highest BCUT2D eigenvalue weighted by Gasteiger charge is 2.37. The smallest absolute Gasteiger partial charge is 0.215 e. The van der Waals surface area contributed by atoms with Gasteiger partial charge in [0.25, 0.3) is 0 Å². The highest BCUT2D eigenvalue weighted by molar-refractivity contribution is 14.0. The highest BCUT2D eigenvalue weighted by atomic mass is 127. The third-order valence-corrected chi connectivity index (χ3v) is 6.64. The van der Waals surface area contributed by atoms with E-state index in [0.29, 0.717) is 17.9 Å². The van der Waals surface area contributed by atoms with Gasteiger partial charge >= 0.3 is 0 Å². The normalized spacial score (nSPS) is 16.1. The Hall–Kier alpha value is -0.870. The van der Waals surface area contributed by atoms with E-state index in [0.717, 1.165) is 30.2 Å². The lowest BCUT2D eigenvalue weighted by Crippen LogP contribution is -2.47. The molecule has 0 spiro atoms. The largest absolute Gasteiger partial charge is 0.357 e. The average molecular weight is 537 g/mol. The molecule has 1 aliphatic rings. The molecule has 1 aliphatic carbocycles. The molecule has 0 bridgehead atoms. The molecule has 0 atom stereocenters. The lowest BCUT2D eigenvalue weighted by atomic mass is 9.64. The molecule has 166 valence electrons. The molecule has 6 nitrogen and oxygen atoms in total. The summed E-state index contributed by atoms with van der Waals surface area (Å²) in [5, 5.41) is 6.86. The fourth-order valence-corrected chi connectivity index (χ4v) is 4.65. The summed E-state index contributed by atoms with van der Waals surface area (Å²) in [6, 6.07) is 7.61. The van der Waals surface area contributed by atoms with Crippen LogP contribution >= 0.6 is 24.0 Å². The average Bonchev–Trinajstić information content (AvgIpc) is 2.61. The van der Waals surface area contributed by atoms with Gasteiger partial charge < -0.3 is 10.6 Å². The van der Waals surface area contributed by atoms with Gasteiger partial charge in [-0.3, -0.25) is 0 Å². The molecule has 2 rings (SSSR count). The molecule has 1 aromatic rings. The molecule has 0 radical (unpaired) electrons. The van der Waals surface area contributed by atoms with E-state index in [2.05, 4.69) is 36.1 Å². The summed E-state index contributed by atoms with van der Waals surface area (Å²) >= 11 is 0. The zero-order chi connectivity index (χ0) is 20.6. The van der Waals surface area contributed by atoms with Gasteiger partial charge in [-0.1, -0.05) is 44.5 Å². The van der Waals surface area contributed by atoms with Gasteiger partial charge in [0.1, 0.15) is 0 Å². The Kier molecular flexibility index (Phi) is 10.9. The lowest BCUT2D eigenvalue weighted by molar-refractivity contribution is 0.104. The Morgan fingerprint density at radius 1 is 1.21 bits per heavy atom. The Morgan fingerprint density at radius 3 is 2.45 bits per heavy atom. The zero-order valence-electron chi connectivity index (χ0n) is 18.1. The minimum absolute atomic E-state index is 0. The van der Waals surface area contributed by atoms with E-state index in [1.807, 2.05) is 24.3 Å². The molecule has 0 heterocycles.